The van der Waals surface area contributed by atoms with Crippen molar-refractivity contribution in [3.63, 3.8) is 0 Å². The number of anilines is 2. The van der Waals surface area contributed by atoms with Gasteiger partial charge in [-0.15, -0.1) is 0 Å². The summed E-state index contributed by atoms with van der Waals surface area (Å²) < 4.78 is 5.35. The quantitative estimate of drug-likeness (QED) is 0.902. The Bertz CT molecular complexity index is 406. The molecular weight excluding hydrogens is 248 g/mol. The van der Waals surface area contributed by atoms with Crippen LogP contribution in [-0.4, -0.2) is 44.2 Å². The molecule has 1 aromatic rings. The van der Waals surface area contributed by atoms with Crippen LogP contribution in [0.5, 0.6) is 0 Å². The van der Waals surface area contributed by atoms with Crippen LogP contribution in [0.4, 0.5) is 11.4 Å². The Kier molecular flexibility index (Phi) is 4.90. The van der Waals surface area contributed by atoms with Crippen LogP contribution in [0.1, 0.15) is 0 Å². The molecule has 0 bridgehead atoms. The van der Waals surface area contributed by atoms with Gasteiger partial charge in [0.05, 0.1) is 30.3 Å². The van der Waals surface area contributed by atoms with Crippen molar-refractivity contribution < 1.29 is 9.53 Å². The number of morpholine rings is 1. The molecule has 1 N–H and O–H groups in total. The van der Waals surface area contributed by atoms with Crippen molar-refractivity contribution in [3.8, 4) is 0 Å². The summed E-state index contributed by atoms with van der Waals surface area (Å²) in [6.45, 7) is 3.23. The zero-order chi connectivity index (χ0) is 12.8. The van der Waals surface area contributed by atoms with Gasteiger partial charge in [0.25, 0.3) is 0 Å². The number of benzene rings is 1. The minimum absolute atomic E-state index is 0.0446. The van der Waals surface area contributed by atoms with E-state index in [0.29, 0.717) is 5.75 Å². The van der Waals surface area contributed by atoms with Crippen molar-refractivity contribution in [3.05, 3.63) is 24.3 Å². The Hall–Kier alpha value is -1.20. The lowest BCUT2D eigenvalue weighted by molar-refractivity contribution is -0.113. The lowest BCUT2D eigenvalue weighted by atomic mass is 10.2. The van der Waals surface area contributed by atoms with Crippen molar-refractivity contribution in [1.82, 2.24) is 0 Å². The highest BCUT2D eigenvalue weighted by atomic mass is 32.2. The molecule has 18 heavy (non-hydrogen) atoms. The first kappa shape index (κ1) is 13.2. The summed E-state index contributed by atoms with van der Waals surface area (Å²) in [7, 11) is 0. The molecule has 0 aliphatic carbocycles. The van der Waals surface area contributed by atoms with E-state index < -0.39 is 0 Å². The first-order chi connectivity index (χ1) is 8.81. The molecule has 2 rings (SSSR count). The highest BCUT2D eigenvalue weighted by Crippen LogP contribution is 2.26. The number of amides is 1. The van der Waals surface area contributed by atoms with Gasteiger partial charge in [0.1, 0.15) is 0 Å². The normalized spacial score (nSPS) is 15.5. The standard InChI is InChI=1S/C13H18N2O2S/c1-18-10-13(16)14-11-4-2-3-5-12(11)15-6-8-17-9-7-15/h2-5H,6-10H2,1H3,(H,14,16). The number of carbonyl (C=O) groups excluding carboxylic acids is 1. The third kappa shape index (κ3) is 3.40. The topological polar surface area (TPSA) is 41.6 Å². The van der Waals surface area contributed by atoms with E-state index in [-0.39, 0.29) is 5.91 Å². The van der Waals surface area contributed by atoms with Gasteiger partial charge in [0, 0.05) is 13.1 Å². The summed E-state index contributed by atoms with van der Waals surface area (Å²) in [5.41, 5.74) is 1.97. The molecule has 1 heterocycles. The number of nitrogens with zero attached hydrogens (tertiary/aromatic N) is 1. The van der Waals surface area contributed by atoms with Crippen molar-refractivity contribution in [2.45, 2.75) is 0 Å². The van der Waals surface area contributed by atoms with Crippen LogP contribution in [0, 0.1) is 0 Å². The smallest absolute Gasteiger partial charge is 0.234 e. The zero-order valence-electron chi connectivity index (χ0n) is 10.5. The molecule has 0 saturated carbocycles. The predicted molar refractivity (Wildman–Crippen MR) is 76.5 cm³/mol. The van der Waals surface area contributed by atoms with Crippen molar-refractivity contribution in [2.75, 3.05) is 48.5 Å². The van der Waals surface area contributed by atoms with Crippen LogP contribution in [0.3, 0.4) is 0 Å². The Balaban J connectivity index is 2.11. The molecule has 1 aliphatic rings. The number of hydrogen-bond acceptors (Lipinski definition) is 4. The van der Waals surface area contributed by atoms with E-state index in [1.165, 1.54) is 11.8 Å². The summed E-state index contributed by atoms with van der Waals surface area (Å²) >= 11 is 1.52. The molecule has 98 valence electrons. The highest BCUT2D eigenvalue weighted by Gasteiger charge is 2.15. The molecule has 0 unspecified atom stereocenters. The largest absolute Gasteiger partial charge is 0.378 e. The zero-order valence-corrected chi connectivity index (χ0v) is 11.3. The molecule has 1 aliphatic heterocycles. The van der Waals surface area contributed by atoms with Crippen LogP contribution in [0.2, 0.25) is 0 Å². The molecule has 1 fully saturated rings. The van der Waals surface area contributed by atoms with Crippen LogP contribution < -0.4 is 10.2 Å². The van der Waals surface area contributed by atoms with Crippen LogP contribution in [0.15, 0.2) is 24.3 Å². The van der Waals surface area contributed by atoms with Crippen LogP contribution in [-0.2, 0) is 9.53 Å². The fraction of sp³-hybridized carbons (Fsp3) is 0.462. The average Bonchev–Trinajstić information content (AvgIpc) is 2.40. The molecule has 1 amide bonds. The Morgan fingerprint density at radius 2 is 2.11 bits per heavy atom. The van der Waals surface area contributed by atoms with Gasteiger partial charge in [-0.2, -0.15) is 11.8 Å². The number of ether oxygens (including phenoxy) is 1. The molecule has 0 spiro atoms. The van der Waals surface area contributed by atoms with E-state index in [4.69, 9.17) is 4.74 Å². The summed E-state index contributed by atoms with van der Waals surface area (Å²) in [5, 5.41) is 2.97. The van der Waals surface area contributed by atoms with Crippen molar-refractivity contribution in [1.29, 1.82) is 0 Å². The minimum atomic E-state index is 0.0446. The molecule has 0 atom stereocenters. The van der Waals surface area contributed by atoms with E-state index >= 15 is 0 Å². The second-order valence-corrected chi connectivity index (χ2v) is 4.96. The molecule has 0 radical (unpaired) electrons. The first-order valence-corrected chi connectivity index (χ1v) is 7.41. The van der Waals surface area contributed by atoms with E-state index in [1.54, 1.807) is 0 Å². The van der Waals surface area contributed by atoms with Crippen molar-refractivity contribution in [2.24, 2.45) is 0 Å². The maximum Gasteiger partial charge on any atom is 0.234 e. The second kappa shape index (κ2) is 6.66. The van der Waals surface area contributed by atoms with Gasteiger partial charge >= 0.3 is 0 Å². The fourth-order valence-corrected chi connectivity index (χ4v) is 2.31. The summed E-state index contributed by atoms with van der Waals surface area (Å²) in [6, 6.07) is 7.93. The van der Waals surface area contributed by atoms with Gasteiger partial charge in [-0.05, 0) is 18.4 Å². The SMILES string of the molecule is CSCC(=O)Nc1ccccc1N1CCOCC1. The van der Waals surface area contributed by atoms with Gasteiger partial charge in [-0.3, -0.25) is 4.79 Å². The number of thioether (sulfide) groups is 1. The monoisotopic (exact) mass is 266 g/mol. The summed E-state index contributed by atoms with van der Waals surface area (Å²) in [6.07, 6.45) is 1.92. The van der Waals surface area contributed by atoms with Crippen LogP contribution >= 0.6 is 11.8 Å². The van der Waals surface area contributed by atoms with Gasteiger partial charge in [0.15, 0.2) is 0 Å². The van der Waals surface area contributed by atoms with E-state index in [9.17, 15) is 4.79 Å². The lowest BCUT2D eigenvalue weighted by Crippen LogP contribution is -2.36. The molecule has 4 nitrogen and oxygen atoms in total. The second-order valence-electron chi connectivity index (χ2n) is 4.10. The summed E-state index contributed by atoms with van der Waals surface area (Å²) in [5.74, 6) is 0.528. The predicted octanol–water partition coefficient (Wildman–Crippen LogP) is 1.82. The molecule has 1 saturated heterocycles. The highest BCUT2D eigenvalue weighted by molar-refractivity contribution is 7.99. The van der Waals surface area contributed by atoms with Gasteiger partial charge in [0.2, 0.25) is 5.91 Å². The average molecular weight is 266 g/mol. The van der Waals surface area contributed by atoms with Gasteiger partial charge in [-0.1, -0.05) is 12.1 Å². The van der Waals surface area contributed by atoms with E-state index in [1.807, 2.05) is 30.5 Å². The Morgan fingerprint density at radius 3 is 2.83 bits per heavy atom. The fourth-order valence-electron chi connectivity index (χ4n) is 1.98. The first-order valence-electron chi connectivity index (χ1n) is 6.02. The number of rotatable bonds is 4. The lowest BCUT2D eigenvalue weighted by Gasteiger charge is -2.30. The summed E-state index contributed by atoms with van der Waals surface area (Å²) in [4.78, 5) is 13.9. The Labute approximate surface area is 112 Å². The maximum atomic E-state index is 11.7. The number of nitrogens with one attached hydrogen (secondary N) is 1. The van der Waals surface area contributed by atoms with Crippen LogP contribution in [0.25, 0.3) is 0 Å². The molecule has 0 aromatic heterocycles. The van der Waals surface area contributed by atoms with Gasteiger partial charge in [-0.25, -0.2) is 0 Å². The number of para-hydroxylation sites is 2. The number of hydrogen-bond donors (Lipinski definition) is 1. The third-order valence-electron chi connectivity index (χ3n) is 2.81. The van der Waals surface area contributed by atoms with E-state index in [0.717, 1.165) is 37.7 Å². The number of carbonyl (C=O) groups is 1. The van der Waals surface area contributed by atoms with Crippen molar-refractivity contribution >= 4 is 29.0 Å². The van der Waals surface area contributed by atoms with E-state index in [2.05, 4.69) is 10.2 Å². The third-order valence-corrected chi connectivity index (χ3v) is 3.36. The molecular formula is C13H18N2O2S. The molecule has 5 heteroatoms. The molecule has 1 aromatic carbocycles. The van der Waals surface area contributed by atoms with Gasteiger partial charge < -0.3 is 15.0 Å². The minimum Gasteiger partial charge on any atom is -0.378 e. The maximum absolute atomic E-state index is 11.7. The Morgan fingerprint density at radius 1 is 1.39 bits per heavy atom.